The molecule has 0 amide bonds. The lowest BCUT2D eigenvalue weighted by Crippen LogP contribution is -2.26. The highest BCUT2D eigenvalue weighted by Gasteiger charge is 2.90. The summed E-state index contributed by atoms with van der Waals surface area (Å²) in [6.45, 7) is 0. The van der Waals surface area contributed by atoms with Gasteiger partial charge in [0.15, 0.2) is 0 Å². The first-order chi connectivity index (χ1) is 6.56. The van der Waals surface area contributed by atoms with Gasteiger partial charge in [-0.2, -0.15) is 0 Å². The van der Waals surface area contributed by atoms with Crippen molar-refractivity contribution in [2.75, 3.05) is 0 Å². The van der Waals surface area contributed by atoms with Crippen LogP contribution in [0.1, 0.15) is 44.9 Å². The molecule has 0 saturated heterocycles. The Balaban J connectivity index is 1.89. The van der Waals surface area contributed by atoms with Crippen LogP contribution in [-0.2, 0) is 4.79 Å². The van der Waals surface area contributed by atoms with E-state index >= 15 is 0 Å². The summed E-state index contributed by atoms with van der Waals surface area (Å²) in [5, 5.41) is 0. The molecule has 3 fully saturated rings. The van der Waals surface area contributed by atoms with Crippen molar-refractivity contribution in [3.63, 3.8) is 0 Å². The predicted molar refractivity (Wildman–Crippen MR) is 47.1 cm³/mol. The summed E-state index contributed by atoms with van der Waals surface area (Å²) in [5.74, 6) is -2.29. The quantitative estimate of drug-likeness (QED) is 0.587. The van der Waals surface area contributed by atoms with E-state index in [4.69, 9.17) is 0 Å². The minimum Gasteiger partial charge on any atom is -0.300 e. The average molecular weight is 200 g/mol. The van der Waals surface area contributed by atoms with Gasteiger partial charge in [-0.25, -0.2) is 8.78 Å². The van der Waals surface area contributed by atoms with E-state index in [1.165, 1.54) is 0 Å². The number of carbonyl (C=O) groups excluding carboxylic acids is 1. The van der Waals surface area contributed by atoms with Crippen LogP contribution in [0.5, 0.6) is 0 Å². The molecule has 3 heteroatoms. The van der Waals surface area contributed by atoms with Crippen LogP contribution in [0, 0.1) is 10.8 Å². The third kappa shape index (κ3) is 0.645. The molecule has 0 heterocycles. The largest absolute Gasteiger partial charge is 0.300 e. The lowest BCUT2D eigenvalue weighted by Gasteiger charge is -2.31. The second-order valence-corrected chi connectivity index (χ2v) is 5.13. The molecule has 0 unspecified atom stereocenters. The molecular weight excluding hydrogens is 186 g/mol. The van der Waals surface area contributed by atoms with E-state index in [0.717, 1.165) is 6.42 Å². The number of hydrogen-bond donors (Lipinski definition) is 0. The van der Waals surface area contributed by atoms with Crippen LogP contribution < -0.4 is 0 Å². The lowest BCUT2D eigenvalue weighted by molar-refractivity contribution is -0.122. The van der Waals surface area contributed by atoms with E-state index in [-0.39, 0.29) is 5.78 Å². The molecule has 3 aliphatic carbocycles. The third-order valence-corrected chi connectivity index (χ3v) is 4.92. The van der Waals surface area contributed by atoms with Crippen LogP contribution in [0.15, 0.2) is 0 Å². The van der Waals surface area contributed by atoms with Gasteiger partial charge < -0.3 is 0 Å². The Hall–Kier alpha value is -0.470. The maximum atomic E-state index is 13.8. The van der Waals surface area contributed by atoms with Crippen LogP contribution in [0.2, 0.25) is 0 Å². The number of rotatable bonds is 0. The van der Waals surface area contributed by atoms with E-state index in [1.54, 1.807) is 0 Å². The molecule has 0 N–H and O–H groups in total. The molecule has 3 saturated carbocycles. The zero-order chi connectivity index (χ0) is 10.0. The van der Waals surface area contributed by atoms with Crippen LogP contribution in [0.4, 0.5) is 8.78 Å². The second kappa shape index (κ2) is 2.20. The standard InChI is InChI=1S/C11H14F2O/c12-11(13)9(4-1-5-9)10(11)6-2-8(14)3-7-10/h1-7H2. The van der Waals surface area contributed by atoms with Gasteiger partial charge in [0, 0.05) is 23.7 Å². The van der Waals surface area contributed by atoms with Crippen LogP contribution in [0.25, 0.3) is 0 Å². The summed E-state index contributed by atoms with van der Waals surface area (Å²) in [7, 11) is 0. The van der Waals surface area contributed by atoms with E-state index < -0.39 is 16.8 Å². The van der Waals surface area contributed by atoms with Crippen molar-refractivity contribution in [2.45, 2.75) is 50.9 Å². The fourth-order valence-corrected chi connectivity index (χ4v) is 3.81. The molecule has 0 aliphatic heterocycles. The van der Waals surface area contributed by atoms with Crippen molar-refractivity contribution in [3.05, 3.63) is 0 Å². The third-order valence-electron chi connectivity index (χ3n) is 4.92. The maximum Gasteiger partial charge on any atom is 0.260 e. The second-order valence-electron chi connectivity index (χ2n) is 5.13. The number of hydrogen-bond acceptors (Lipinski definition) is 1. The Morgan fingerprint density at radius 2 is 1.43 bits per heavy atom. The van der Waals surface area contributed by atoms with Crippen molar-refractivity contribution >= 4 is 5.78 Å². The van der Waals surface area contributed by atoms with Gasteiger partial charge in [0.05, 0.1) is 0 Å². The number of carbonyl (C=O) groups is 1. The van der Waals surface area contributed by atoms with Gasteiger partial charge in [-0.15, -0.1) is 0 Å². The minimum absolute atomic E-state index is 0.174. The molecule has 14 heavy (non-hydrogen) atoms. The minimum atomic E-state index is -2.46. The number of Topliss-reactive ketones (excluding diaryl/α,β-unsaturated/α-hetero) is 1. The van der Waals surface area contributed by atoms with Gasteiger partial charge in [0.25, 0.3) is 5.92 Å². The highest BCUT2D eigenvalue weighted by atomic mass is 19.3. The summed E-state index contributed by atoms with van der Waals surface area (Å²) in [6, 6.07) is 0. The first-order valence-corrected chi connectivity index (χ1v) is 5.45. The molecule has 0 bridgehead atoms. The number of fused-ring (bicyclic) bond motifs is 1. The Bertz CT molecular complexity index is 294. The Morgan fingerprint density at radius 1 is 0.929 bits per heavy atom. The number of ketones is 1. The Morgan fingerprint density at radius 3 is 1.79 bits per heavy atom. The molecule has 0 atom stereocenters. The molecule has 0 aromatic heterocycles. The van der Waals surface area contributed by atoms with Gasteiger partial charge in [0.1, 0.15) is 5.78 Å². The first kappa shape index (κ1) is 8.81. The maximum absolute atomic E-state index is 13.8. The van der Waals surface area contributed by atoms with E-state index in [1.807, 2.05) is 0 Å². The number of halogens is 2. The van der Waals surface area contributed by atoms with Crippen molar-refractivity contribution in [1.82, 2.24) is 0 Å². The first-order valence-electron chi connectivity index (χ1n) is 5.45. The molecule has 3 aliphatic rings. The monoisotopic (exact) mass is 200 g/mol. The fraction of sp³-hybridized carbons (Fsp3) is 0.909. The van der Waals surface area contributed by atoms with Gasteiger partial charge in [-0.05, 0) is 25.7 Å². The zero-order valence-corrected chi connectivity index (χ0v) is 8.11. The summed E-state index contributed by atoms with van der Waals surface area (Å²) < 4.78 is 27.6. The predicted octanol–water partition coefficient (Wildman–Crippen LogP) is 2.94. The van der Waals surface area contributed by atoms with Crippen molar-refractivity contribution in [3.8, 4) is 0 Å². The summed E-state index contributed by atoms with van der Waals surface area (Å²) in [4.78, 5) is 11.1. The van der Waals surface area contributed by atoms with E-state index in [0.29, 0.717) is 38.5 Å². The van der Waals surface area contributed by atoms with Gasteiger partial charge >= 0.3 is 0 Å². The van der Waals surface area contributed by atoms with Gasteiger partial charge in [-0.3, -0.25) is 4.79 Å². The Labute approximate surface area is 81.9 Å². The zero-order valence-electron chi connectivity index (χ0n) is 8.11. The highest BCUT2D eigenvalue weighted by Crippen LogP contribution is 2.86. The molecule has 0 radical (unpaired) electrons. The van der Waals surface area contributed by atoms with Gasteiger partial charge in [-0.1, -0.05) is 6.42 Å². The Kier molecular flexibility index (Phi) is 1.38. The van der Waals surface area contributed by atoms with Crippen LogP contribution >= 0.6 is 0 Å². The van der Waals surface area contributed by atoms with Crippen molar-refractivity contribution < 1.29 is 13.6 Å². The smallest absolute Gasteiger partial charge is 0.260 e. The molecule has 2 spiro atoms. The molecule has 1 nitrogen and oxygen atoms in total. The fourth-order valence-electron chi connectivity index (χ4n) is 3.81. The highest BCUT2D eigenvalue weighted by molar-refractivity contribution is 5.79. The summed E-state index contributed by atoms with van der Waals surface area (Å²) in [6.07, 6.45) is 3.99. The normalized spacial score (nSPS) is 35.7. The van der Waals surface area contributed by atoms with Crippen LogP contribution in [-0.4, -0.2) is 11.7 Å². The topological polar surface area (TPSA) is 17.1 Å². The van der Waals surface area contributed by atoms with E-state index in [9.17, 15) is 13.6 Å². The molecule has 0 aromatic rings. The molecule has 0 aromatic carbocycles. The van der Waals surface area contributed by atoms with Crippen molar-refractivity contribution in [2.24, 2.45) is 10.8 Å². The molecule has 3 rings (SSSR count). The molecular formula is C11H14F2O. The average Bonchev–Trinajstić information content (AvgIpc) is 2.48. The SMILES string of the molecule is O=C1CCC2(CC1)C(F)(F)C21CCC1. The molecule has 78 valence electrons. The summed E-state index contributed by atoms with van der Waals surface area (Å²) >= 11 is 0. The lowest BCUT2D eigenvalue weighted by atomic mass is 9.70. The van der Waals surface area contributed by atoms with Gasteiger partial charge in [0.2, 0.25) is 0 Å². The van der Waals surface area contributed by atoms with E-state index in [2.05, 4.69) is 0 Å². The van der Waals surface area contributed by atoms with Crippen molar-refractivity contribution in [1.29, 1.82) is 0 Å². The number of alkyl halides is 2. The van der Waals surface area contributed by atoms with Crippen LogP contribution in [0.3, 0.4) is 0 Å². The summed E-state index contributed by atoms with van der Waals surface area (Å²) in [5.41, 5.74) is -1.42.